The van der Waals surface area contributed by atoms with Gasteiger partial charge < -0.3 is 5.11 Å². The van der Waals surface area contributed by atoms with Crippen LogP contribution in [0.15, 0.2) is 11.6 Å². The summed E-state index contributed by atoms with van der Waals surface area (Å²) in [6.45, 7) is 21.0. The molecule has 0 heterocycles. The number of carbonyl (C=O) groups excluding carboxylic acids is 2. The van der Waals surface area contributed by atoms with E-state index in [9.17, 15) is 14.7 Å². The third-order valence-corrected chi connectivity index (χ3v) is 14.8. The zero-order valence-corrected chi connectivity index (χ0v) is 26.1. The molecule has 5 aliphatic rings. The maximum Gasteiger partial charge on any atom is 0.159 e. The normalized spacial score (nSPS) is 48.2. The molecule has 5 aliphatic carbocycles. The summed E-state index contributed by atoms with van der Waals surface area (Å²) in [6.07, 6.45) is 13.7. The van der Waals surface area contributed by atoms with E-state index in [-0.39, 0.29) is 55.8 Å². The number of aliphatic hydroxyl groups excluding tert-OH is 1. The van der Waals surface area contributed by atoms with Crippen LogP contribution >= 0.6 is 0 Å². The molecule has 3 nitrogen and oxygen atoms in total. The van der Waals surface area contributed by atoms with Gasteiger partial charge in [-0.2, -0.15) is 0 Å². The van der Waals surface area contributed by atoms with Crippen molar-refractivity contribution in [3.8, 4) is 0 Å². The van der Waals surface area contributed by atoms with Crippen molar-refractivity contribution in [3.63, 3.8) is 0 Å². The second-order valence-electron chi connectivity index (χ2n) is 16.8. The van der Waals surface area contributed by atoms with Crippen molar-refractivity contribution in [2.24, 2.45) is 49.7 Å². The number of hydrogen-bond donors (Lipinski definition) is 1. The summed E-state index contributed by atoms with van der Waals surface area (Å²) in [5.41, 5.74) is 0.576. The van der Waals surface area contributed by atoms with Crippen LogP contribution in [0.1, 0.15) is 139 Å². The van der Waals surface area contributed by atoms with Gasteiger partial charge in [0.25, 0.3) is 0 Å². The molecule has 0 radical (unpaired) electrons. The highest BCUT2D eigenvalue weighted by atomic mass is 16.3. The fraction of sp³-hybridized carbons (Fsp3) is 0.886. The predicted octanol–water partition coefficient (Wildman–Crippen LogP) is 8.48. The zero-order valence-electron chi connectivity index (χ0n) is 26.1. The number of Topliss-reactive ketones (excluding diaryl/α,β-unsaturated/α-hetero) is 1. The third kappa shape index (κ3) is 3.35. The number of unbranched alkanes of at least 4 members (excludes halogenated alkanes) is 1. The molecule has 0 saturated heterocycles. The lowest BCUT2D eigenvalue weighted by molar-refractivity contribution is -0.203. The fourth-order valence-corrected chi connectivity index (χ4v) is 11.3. The minimum atomic E-state index is -0.387. The standard InChI is InChI=1S/C35H56O3/c1-10-11-12-27(38)35-19-15-29(2,3)22-23(35)28-24(36)21-25-31(6,33(28,8)17-20-35)16-18-34(9)30(4,5)26(37)13-14-32(25,34)7/h21,23,27-28,38H,10-20,22H2,1-9H3. The van der Waals surface area contributed by atoms with Gasteiger partial charge in [0.05, 0.1) is 6.10 Å². The van der Waals surface area contributed by atoms with Crippen LogP contribution in [0.5, 0.6) is 0 Å². The van der Waals surface area contributed by atoms with E-state index in [1.165, 1.54) is 5.57 Å². The van der Waals surface area contributed by atoms with E-state index in [1.54, 1.807) is 0 Å². The Hall–Kier alpha value is -0.960. The monoisotopic (exact) mass is 524 g/mol. The number of carbonyl (C=O) groups is 2. The van der Waals surface area contributed by atoms with E-state index in [0.29, 0.717) is 18.0 Å². The molecule has 0 aromatic rings. The second-order valence-corrected chi connectivity index (χ2v) is 16.8. The Labute approximate surface area is 233 Å². The van der Waals surface area contributed by atoms with Crippen molar-refractivity contribution >= 4 is 11.6 Å². The molecular formula is C35H56O3. The van der Waals surface area contributed by atoms with Crippen LogP contribution in [-0.4, -0.2) is 22.8 Å². The van der Waals surface area contributed by atoms with Crippen LogP contribution in [0.4, 0.5) is 0 Å². The quantitative estimate of drug-likeness (QED) is 0.401. The molecule has 0 bridgehead atoms. The van der Waals surface area contributed by atoms with Gasteiger partial charge in [-0.25, -0.2) is 0 Å². The minimum Gasteiger partial charge on any atom is -0.393 e. The van der Waals surface area contributed by atoms with Crippen molar-refractivity contribution in [2.75, 3.05) is 0 Å². The number of ketones is 2. The number of fused-ring (bicyclic) bond motifs is 7. The van der Waals surface area contributed by atoms with E-state index in [2.05, 4.69) is 68.4 Å². The summed E-state index contributed by atoms with van der Waals surface area (Å²) < 4.78 is 0. The van der Waals surface area contributed by atoms with E-state index in [1.807, 2.05) is 0 Å². The molecule has 4 fully saturated rings. The Kier molecular flexibility index (Phi) is 6.41. The van der Waals surface area contributed by atoms with Crippen LogP contribution in [0.2, 0.25) is 0 Å². The van der Waals surface area contributed by atoms with Crippen molar-refractivity contribution in [2.45, 2.75) is 145 Å². The summed E-state index contributed by atoms with van der Waals surface area (Å²) in [4.78, 5) is 27.8. The summed E-state index contributed by atoms with van der Waals surface area (Å²) >= 11 is 0. The number of aliphatic hydroxyl groups is 1. The van der Waals surface area contributed by atoms with E-state index >= 15 is 0 Å². The van der Waals surface area contributed by atoms with Gasteiger partial charge in [0.15, 0.2) is 5.78 Å². The van der Waals surface area contributed by atoms with Crippen molar-refractivity contribution in [3.05, 3.63) is 11.6 Å². The summed E-state index contributed by atoms with van der Waals surface area (Å²) in [5, 5.41) is 11.8. The Morgan fingerprint density at radius 1 is 0.868 bits per heavy atom. The first-order valence-electron chi connectivity index (χ1n) is 15.9. The van der Waals surface area contributed by atoms with Crippen LogP contribution in [0.3, 0.4) is 0 Å². The molecule has 5 rings (SSSR count). The molecule has 0 aromatic carbocycles. The van der Waals surface area contributed by atoms with Crippen LogP contribution < -0.4 is 0 Å². The molecule has 8 unspecified atom stereocenters. The third-order valence-electron chi connectivity index (χ3n) is 14.8. The Bertz CT molecular complexity index is 1050. The van der Waals surface area contributed by atoms with Crippen molar-refractivity contribution in [1.29, 1.82) is 0 Å². The van der Waals surface area contributed by atoms with Crippen LogP contribution in [-0.2, 0) is 9.59 Å². The predicted molar refractivity (Wildman–Crippen MR) is 155 cm³/mol. The molecule has 0 aromatic heterocycles. The summed E-state index contributed by atoms with van der Waals surface area (Å²) in [7, 11) is 0. The van der Waals surface area contributed by atoms with Gasteiger partial charge in [-0.3, -0.25) is 9.59 Å². The van der Waals surface area contributed by atoms with E-state index < -0.39 is 0 Å². The molecule has 4 saturated carbocycles. The molecule has 0 aliphatic heterocycles. The van der Waals surface area contributed by atoms with Crippen LogP contribution in [0.25, 0.3) is 0 Å². The molecule has 38 heavy (non-hydrogen) atoms. The average molecular weight is 525 g/mol. The topological polar surface area (TPSA) is 54.4 Å². The van der Waals surface area contributed by atoms with Crippen LogP contribution in [0, 0.1) is 49.7 Å². The summed E-state index contributed by atoms with van der Waals surface area (Å²) in [6, 6.07) is 0. The lowest BCUT2D eigenvalue weighted by Crippen LogP contribution is -2.68. The van der Waals surface area contributed by atoms with Gasteiger partial charge in [0.2, 0.25) is 0 Å². The van der Waals surface area contributed by atoms with Gasteiger partial charge in [-0.15, -0.1) is 0 Å². The number of allylic oxidation sites excluding steroid dienone is 2. The maximum absolute atomic E-state index is 14.6. The van der Waals surface area contributed by atoms with E-state index in [0.717, 1.165) is 70.6 Å². The fourth-order valence-electron chi connectivity index (χ4n) is 11.3. The van der Waals surface area contributed by atoms with Gasteiger partial charge in [0.1, 0.15) is 5.78 Å². The molecule has 8 atom stereocenters. The number of hydrogen-bond acceptors (Lipinski definition) is 3. The molecule has 3 heteroatoms. The molecule has 1 N–H and O–H groups in total. The smallest absolute Gasteiger partial charge is 0.159 e. The lowest BCUT2D eigenvalue weighted by atomic mass is 9.31. The highest BCUT2D eigenvalue weighted by Gasteiger charge is 2.72. The minimum absolute atomic E-state index is 0.0213. The lowest BCUT2D eigenvalue weighted by Gasteiger charge is -2.72. The summed E-state index contributed by atoms with van der Waals surface area (Å²) in [5.74, 6) is 0.937. The van der Waals surface area contributed by atoms with Gasteiger partial charge in [-0.05, 0) is 102 Å². The SMILES string of the molecule is CCCCC(O)C12CCC(C)(C)CC1C1C(=O)C=C3C(C)(CCC4(C)C(C)(C)C(=O)CCC34C)C1(C)CC2. The average Bonchev–Trinajstić information content (AvgIpc) is 2.84. The maximum atomic E-state index is 14.6. The Balaban J connectivity index is 1.64. The largest absolute Gasteiger partial charge is 0.393 e. The second kappa shape index (κ2) is 8.53. The van der Waals surface area contributed by atoms with Crippen molar-refractivity contribution < 1.29 is 14.7 Å². The zero-order chi connectivity index (χ0) is 28.2. The van der Waals surface area contributed by atoms with Crippen molar-refractivity contribution in [1.82, 2.24) is 0 Å². The van der Waals surface area contributed by atoms with Gasteiger partial charge >= 0.3 is 0 Å². The molecule has 214 valence electrons. The number of rotatable bonds is 4. The first kappa shape index (κ1) is 28.6. The van der Waals surface area contributed by atoms with Gasteiger partial charge in [-0.1, -0.05) is 80.7 Å². The highest BCUT2D eigenvalue weighted by molar-refractivity contribution is 5.96. The Morgan fingerprint density at radius 2 is 1.53 bits per heavy atom. The first-order valence-corrected chi connectivity index (χ1v) is 15.9. The van der Waals surface area contributed by atoms with E-state index in [4.69, 9.17) is 0 Å². The molecule has 0 amide bonds. The molecular weight excluding hydrogens is 468 g/mol. The Morgan fingerprint density at radius 3 is 2.18 bits per heavy atom. The highest BCUT2D eigenvalue weighted by Crippen LogP contribution is 2.77. The first-order chi connectivity index (χ1) is 17.5. The van der Waals surface area contributed by atoms with Gasteiger partial charge in [0, 0.05) is 17.8 Å². The molecule has 0 spiro atoms.